The van der Waals surface area contributed by atoms with Crippen LogP contribution in [0.1, 0.15) is 56.1 Å². The number of carbonyl (C=O) groups excluding carboxylic acids is 2. The first kappa shape index (κ1) is 26.8. The van der Waals surface area contributed by atoms with E-state index < -0.39 is 17.5 Å². The van der Waals surface area contributed by atoms with E-state index in [0.717, 1.165) is 11.1 Å². The number of hydrogen-bond donors (Lipinski definition) is 1. The molecule has 6 nitrogen and oxygen atoms in total. The highest BCUT2D eigenvalue weighted by Crippen LogP contribution is 2.54. The number of nitrogens with zero attached hydrogens (tertiary/aromatic N) is 1. The van der Waals surface area contributed by atoms with E-state index in [1.54, 1.807) is 19.2 Å². The van der Waals surface area contributed by atoms with Crippen LogP contribution in [-0.4, -0.2) is 49.7 Å². The number of rotatable bonds is 8. The molecule has 1 N–H and O–H groups in total. The van der Waals surface area contributed by atoms with Gasteiger partial charge in [0.2, 0.25) is 11.8 Å². The number of methoxy groups -OCH3 is 1. The van der Waals surface area contributed by atoms with E-state index in [1.165, 1.54) is 4.90 Å². The molecule has 2 amide bonds. The molecule has 1 aliphatic heterocycles. The maximum absolute atomic E-state index is 13.5. The molecule has 4 rings (SSSR count). The topological polar surface area (TPSA) is 67.9 Å². The summed E-state index contributed by atoms with van der Waals surface area (Å²) in [5.41, 5.74) is 0.340. The zero-order chi connectivity index (χ0) is 26.6. The molecule has 37 heavy (non-hydrogen) atoms. The second-order valence-corrected chi connectivity index (χ2v) is 9.77. The lowest BCUT2D eigenvalue weighted by Gasteiger charge is -2.45. The zero-order valence-corrected chi connectivity index (χ0v) is 21.2. The highest BCUT2D eigenvalue weighted by Gasteiger charge is 2.64. The van der Waals surface area contributed by atoms with Gasteiger partial charge in [-0.1, -0.05) is 24.6 Å². The Kier molecular flexibility index (Phi) is 7.99. The van der Waals surface area contributed by atoms with Crippen LogP contribution in [0.2, 0.25) is 0 Å². The van der Waals surface area contributed by atoms with E-state index >= 15 is 0 Å². The standard InChI is InChI=1S/C28H33F3N2O4/c1-3-37-23-10-5-19(17-24(23)36-2)18-25(34)32-22-8-6-20(7-9-22)21-11-15-33(16-12-21)26(35)27(13-4-14-27)28(29,30)31/h5-10,17,21H,3-4,11-16,18H2,1-2H3,(H,32,34). The molecule has 1 saturated heterocycles. The number of piperidine rings is 1. The van der Waals surface area contributed by atoms with E-state index in [9.17, 15) is 22.8 Å². The summed E-state index contributed by atoms with van der Waals surface area (Å²) in [5, 5.41) is 2.89. The van der Waals surface area contributed by atoms with Crippen LogP contribution in [0, 0.1) is 5.41 Å². The molecule has 1 heterocycles. The number of nitrogens with one attached hydrogen (secondary N) is 1. The van der Waals surface area contributed by atoms with Gasteiger partial charge in [-0.2, -0.15) is 13.2 Å². The molecule has 2 aromatic carbocycles. The summed E-state index contributed by atoms with van der Waals surface area (Å²) in [6.07, 6.45) is -2.84. The number of carbonyl (C=O) groups is 2. The van der Waals surface area contributed by atoms with E-state index in [4.69, 9.17) is 9.47 Å². The van der Waals surface area contributed by atoms with E-state index in [1.807, 2.05) is 37.3 Å². The lowest BCUT2D eigenvalue weighted by Crippen LogP contribution is -2.57. The van der Waals surface area contributed by atoms with Gasteiger partial charge < -0.3 is 19.7 Å². The van der Waals surface area contributed by atoms with Crippen LogP contribution in [0.25, 0.3) is 0 Å². The Bertz CT molecular complexity index is 1110. The van der Waals surface area contributed by atoms with Crippen LogP contribution in [-0.2, 0) is 16.0 Å². The minimum absolute atomic E-state index is 0.103. The van der Waals surface area contributed by atoms with Gasteiger partial charge in [0.25, 0.3) is 0 Å². The van der Waals surface area contributed by atoms with Crippen molar-refractivity contribution in [2.75, 3.05) is 32.1 Å². The van der Waals surface area contributed by atoms with Gasteiger partial charge in [-0.15, -0.1) is 0 Å². The predicted molar refractivity (Wildman–Crippen MR) is 134 cm³/mol. The third-order valence-corrected chi connectivity index (χ3v) is 7.50. The van der Waals surface area contributed by atoms with Gasteiger partial charge in [0.15, 0.2) is 11.5 Å². The minimum Gasteiger partial charge on any atom is -0.493 e. The first-order valence-corrected chi connectivity index (χ1v) is 12.7. The molecule has 0 spiro atoms. The number of alkyl halides is 3. The third kappa shape index (κ3) is 5.70. The predicted octanol–water partition coefficient (Wildman–Crippen LogP) is 5.71. The summed E-state index contributed by atoms with van der Waals surface area (Å²) in [6, 6.07) is 12.9. The number of likely N-dealkylation sites (tertiary alicyclic amines) is 1. The highest BCUT2D eigenvalue weighted by molar-refractivity contribution is 5.92. The van der Waals surface area contributed by atoms with Gasteiger partial charge in [-0.25, -0.2) is 0 Å². The lowest BCUT2D eigenvalue weighted by molar-refractivity contribution is -0.248. The van der Waals surface area contributed by atoms with Gasteiger partial charge in [0, 0.05) is 18.8 Å². The number of halogens is 3. The molecule has 0 unspecified atom stereocenters. The summed E-state index contributed by atoms with van der Waals surface area (Å²) < 4.78 is 51.5. The molecule has 2 aromatic rings. The maximum Gasteiger partial charge on any atom is 0.403 e. The fraction of sp³-hybridized carbons (Fsp3) is 0.500. The third-order valence-electron chi connectivity index (χ3n) is 7.50. The van der Waals surface area contributed by atoms with Crippen molar-refractivity contribution in [1.29, 1.82) is 0 Å². The van der Waals surface area contributed by atoms with Gasteiger partial charge >= 0.3 is 6.18 Å². The molecule has 2 fully saturated rings. The van der Waals surface area contributed by atoms with Crippen LogP contribution in [0.15, 0.2) is 42.5 Å². The minimum atomic E-state index is -4.49. The lowest BCUT2D eigenvalue weighted by atomic mass is 9.67. The van der Waals surface area contributed by atoms with Crippen molar-refractivity contribution in [2.24, 2.45) is 5.41 Å². The Hall–Kier alpha value is -3.23. The van der Waals surface area contributed by atoms with Crippen molar-refractivity contribution in [3.8, 4) is 11.5 Å². The summed E-state index contributed by atoms with van der Waals surface area (Å²) in [7, 11) is 1.55. The number of hydrogen-bond acceptors (Lipinski definition) is 4. The average molecular weight is 519 g/mol. The normalized spacial score (nSPS) is 17.6. The smallest absolute Gasteiger partial charge is 0.403 e. The van der Waals surface area contributed by atoms with Crippen molar-refractivity contribution in [3.05, 3.63) is 53.6 Å². The van der Waals surface area contributed by atoms with Crippen LogP contribution in [0.4, 0.5) is 18.9 Å². The van der Waals surface area contributed by atoms with Crippen LogP contribution < -0.4 is 14.8 Å². The van der Waals surface area contributed by atoms with Crippen LogP contribution in [0.5, 0.6) is 11.5 Å². The molecular weight excluding hydrogens is 485 g/mol. The van der Waals surface area contributed by atoms with Gasteiger partial charge in [-0.05, 0) is 73.9 Å². The number of ether oxygens (including phenoxy) is 2. The molecule has 1 saturated carbocycles. The Balaban J connectivity index is 1.30. The molecule has 0 atom stereocenters. The molecule has 0 bridgehead atoms. The second kappa shape index (κ2) is 11.0. The number of anilines is 1. The monoisotopic (exact) mass is 518 g/mol. The molecule has 0 aromatic heterocycles. The van der Waals surface area contributed by atoms with Gasteiger partial charge in [0.1, 0.15) is 5.41 Å². The van der Waals surface area contributed by atoms with Crippen LogP contribution in [0.3, 0.4) is 0 Å². The van der Waals surface area contributed by atoms with Gasteiger partial charge in [0.05, 0.1) is 20.1 Å². The molecule has 200 valence electrons. The Morgan fingerprint density at radius 2 is 1.73 bits per heavy atom. The quantitative estimate of drug-likeness (QED) is 0.486. The van der Waals surface area contributed by atoms with E-state index in [0.29, 0.717) is 56.1 Å². The van der Waals surface area contributed by atoms with Crippen molar-refractivity contribution in [2.45, 2.75) is 57.5 Å². The zero-order valence-electron chi connectivity index (χ0n) is 21.2. The average Bonchev–Trinajstić information content (AvgIpc) is 2.84. The Morgan fingerprint density at radius 3 is 2.27 bits per heavy atom. The maximum atomic E-state index is 13.5. The van der Waals surface area contributed by atoms with Gasteiger partial charge in [-0.3, -0.25) is 9.59 Å². The SMILES string of the molecule is CCOc1ccc(CC(=O)Nc2ccc(C3CCN(C(=O)C4(C(F)(F)F)CCC4)CC3)cc2)cc1OC. The first-order chi connectivity index (χ1) is 17.7. The van der Waals surface area contributed by atoms with Crippen molar-refractivity contribution < 1.29 is 32.2 Å². The summed E-state index contributed by atoms with van der Waals surface area (Å²) in [6.45, 7) is 3.05. The molecule has 9 heteroatoms. The Labute approximate surface area is 215 Å². The highest BCUT2D eigenvalue weighted by atomic mass is 19.4. The van der Waals surface area contributed by atoms with Crippen molar-refractivity contribution >= 4 is 17.5 Å². The fourth-order valence-corrected chi connectivity index (χ4v) is 5.19. The molecular formula is C28H33F3N2O4. The second-order valence-electron chi connectivity index (χ2n) is 9.77. The summed E-state index contributed by atoms with van der Waals surface area (Å²) in [5.74, 6) is 0.440. The van der Waals surface area contributed by atoms with Crippen LogP contribution >= 0.6 is 0 Å². The van der Waals surface area contributed by atoms with E-state index in [2.05, 4.69) is 5.32 Å². The summed E-state index contributed by atoms with van der Waals surface area (Å²) in [4.78, 5) is 26.7. The molecule has 2 aliphatic rings. The molecule has 1 aliphatic carbocycles. The Morgan fingerprint density at radius 1 is 1.05 bits per heavy atom. The number of benzene rings is 2. The molecule has 0 radical (unpaired) electrons. The van der Waals surface area contributed by atoms with E-state index in [-0.39, 0.29) is 31.1 Å². The van der Waals surface area contributed by atoms with Crippen molar-refractivity contribution in [1.82, 2.24) is 4.90 Å². The fourth-order valence-electron chi connectivity index (χ4n) is 5.19. The summed E-state index contributed by atoms with van der Waals surface area (Å²) >= 11 is 0. The largest absolute Gasteiger partial charge is 0.493 e. The first-order valence-electron chi connectivity index (χ1n) is 12.7. The van der Waals surface area contributed by atoms with Crippen molar-refractivity contribution in [3.63, 3.8) is 0 Å². The number of amides is 2.